The van der Waals surface area contributed by atoms with Gasteiger partial charge in [-0.2, -0.15) is 0 Å². The van der Waals surface area contributed by atoms with Crippen LogP contribution in [0.25, 0.3) is 0 Å². The van der Waals surface area contributed by atoms with Crippen molar-refractivity contribution in [1.82, 2.24) is 0 Å². The van der Waals surface area contributed by atoms with Crippen LogP contribution in [0, 0.1) is 0 Å². The van der Waals surface area contributed by atoms with Gasteiger partial charge in [0.15, 0.2) is 0 Å². The van der Waals surface area contributed by atoms with Crippen LogP contribution in [0.2, 0.25) is 0 Å². The molecule has 0 fully saturated rings. The lowest BCUT2D eigenvalue weighted by Crippen LogP contribution is -2.00. The number of carbonyl (C=O) groups is 2. The van der Waals surface area contributed by atoms with Crippen LogP contribution in [0.3, 0.4) is 0 Å². The van der Waals surface area contributed by atoms with E-state index in [1.807, 2.05) is 48.5 Å². The predicted molar refractivity (Wildman–Crippen MR) is 93.7 cm³/mol. The Kier molecular flexibility index (Phi) is 6.29. The third-order valence-corrected chi connectivity index (χ3v) is 5.45. The molecule has 0 aliphatic carbocycles. The summed E-state index contributed by atoms with van der Waals surface area (Å²) in [6, 6.07) is 14.6. The Morgan fingerprint density at radius 1 is 0.762 bits per heavy atom. The van der Waals surface area contributed by atoms with Crippen molar-refractivity contribution in [1.29, 1.82) is 0 Å². The van der Waals surface area contributed by atoms with Crippen LogP contribution in [-0.2, 0) is 9.59 Å². The Hall–Kier alpha value is -0.820. The average Bonchev–Trinajstić information content (AvgIpc) is 2.44. The smallest absolute Gasteiger partial charge is 0.202 e. The van der Waals surface area contributed by atoms with Gasteiger partial charge in [-0.15, -0.1) is 25.3 Å². The summed E-state index contributed by atoms with van der Waals surface area (Å²) in [6.45, 7) is 0. The first-order valence-electron chi connectivity index (χ1n) is 6.03. The number of thiol groups is 2. The van der Waals surface area contributed by atoms with Crippen molar-refractivity contribution in [2.24, 2.45) is 0 Å². The monoisotopic (exact) mass is 352 g/mol. The molecule has 21 heavy (non-hydrogen) atoms. The minimum atomic E-state index is -0.189. The van der Waals surface area contributed by atoms with E-state index < -0.39 is 0 Å². The lowest BCUT2D eigenvalue weighted by Gasteiger charge is -2.04. The summed E-state index contributed by atoms with van der Waals surface area (Å²) >= 11 is 10.7. The highest BCUT2D eigenvalue weighted by Crippen LogP contribution is 2.30. The van der Waals surface area contributed by atoms with Gasteiger partial charge in [0.25, 0.3) is 0 Å². The van der Waals surface area contributed by atoms with E-state index in [0.717, 1.165) is 43.1 Å². The Balaban J connectivity index is 1.93. The van der Waals surface area contributed by atoms with Crippen LogP contribution in [0.15, 0.2) is 68.1 Å². The maximum Gasteiger partial charge on any atom is 0.202 e. The number of thioether (sulfide) groups is 2. The Morgan fingerprint density at radius 3 is 1.52 bits per heavy atom. The van der Waals surface area contributed by atoms with Crippen LogP contribution in [0.4, 0.5) is 0 Å². The average molecular weight is 353 g/mol. The van der Waals surface area contributed by atoms with E-state index in [9.17, 15) is 9.59 Å². The van der Waals surface area contributed by atoms with Gasteiger partial charge in [0.05, 0.1) is 6.42 Å². The molecule has 0 saturated heterocycles. The third kappa shape index (κ3) is 5.14. The number of benzene rings is 2. The zero-order chi connectivity index (χ0) is 15.2. The minimum Gasteiger partial charge on any atom is -0.286 e. The van der Waals surface area contributed by atoms with Gasteiger partial charge in [0, 0.05) is 19.6 Å². The molecule has 0 atom stereocenters. The quantitative estimate of drug-likeness (QED) is 0.479. The van der Waals surface area contributed by atoms with Crippen LogP contribution >= 0.6 is 48.8 Å². The van der Waals surface area contributed by atoms with Crippen LogP contribution in [0.5, 0.6) is 0 Å². The zero-order valence-electron chi connectivity index (χ0n) is 10.9. The van der Waals surface area contributed by atoms with Gasteiger partial charge in [-0.3, -0.25) is 9.59 Å². The van der Waals surface area contributed by atoms with Crippen molar-refractivity contribution in [3.05, 3.63) is 48.5 Å². The minimum absolute atomic E-state index is 0.125. The molecule has 2 rings (SSSR count). The molecule has 0 unspecified atom stereocenters. The molecule has 0 saturated carbocycles. The van der Waals surface area contributed by atoms with Crippen LogP contribution in [0.1, 0.15) is 6.42 Å². The van der Waals surface area contributed by atoms with Gasteiger partial charge in [-0.1, -0.05) is 47.8 Å². The van der Waals surface area contributed by atoms with Crippen molar-refractivity contribution >= 4 is 59.0 Å². The molecule has 0 spiro atoms. The van der Waals surface area contributed by atoms with Crippen LogP contribution in [-0.4, -0.2) is 10.2 Å². The fourth-order valence-electron chi connectivity index (χ4n) is 1.52. The van der Waals surface area contributed by atoms with Crippen molar-refractivity contribution in [2.45, 2.75) is 26.0 Å². The summed E-state index contributed by atoms with van der Waals surface area (Å²) in [7, 11) is 0. The molecule has 0 aromatic heterocycles. The van der Waals surface area contributed by atoms with E-state index in [-0.39, 0.29) is 16.7 Å². The van der Waals surface area contributed by atoms with Gasteiger partial charge in [-0.05, 0) is 24.3 Å². The first kappa shape index (κ1) is 16.5. The van der Waals surface area contributed by atoms with Crippen molar-refractivity contribution in [3.63, 3.8) is 0 Å². The van der Waals surface area contributed by atoms with E-state index in [2.05, 4.69) is 25.3 Å². The SMILES string of the molecule is O=C(CC(=O)Sc1ccccc1S)Sc1ccccc1S. The van der Waals surface area contributed by atoms with Gasteiger partial charge < -0.3 is 0 Å². The van der Waals surface area contributed by atoms with Gasteiger partial charge >= 0.3 is 0 Å². The van der Waals surface area contributed by atoms with Crippen molar-refractivity contribution in [2.75, 3.05) is 0 Å². The van der Waals surface area contributed by atoms with E-state index in [1.165, 1.54) is 0 Å². The molecule has 2 aromatic carbocycles. The van der Waals surface area contributed by atoms with E-state index in [4.69, 9.17) is 0 Å². The van der Waals surface area contributed by atoms with E-state index in [0.29, 0.717) is 0 Å². The largest absolute Gasteiger partial charge is 0.286 e. The molecular weight excluding hydrogens is 340 g/mol. The first-order chi connectivity index (χ1) is 10.1. The summed E-state index contributed by atoms with van der Waals surface area (Å²) in [6.07, 6.45) is -0.125. The molecule has 2 nitrogen and oxygen atoms in total. The number of hydrogen-bond acceptors (Lipinski definition) is 6. The molecule has 0 N–H and O–H groups in total. The fraction of sp³-hybridized carbons (Fsp3) is 0.0667. The molecule has 108 valence electrons. The normalized spacial score (nSPS) is 10.4. The maximum absolute atomic E-state index is 11.9. The molecule has 0 radical (unpaired) electrons. The first-order valence-corrected chi connectivity index (χ1v) is 8.56. The predicted octanol–water partition coefficient (Wildman–Crippen LogP) is 4.59. The van der Waals surface area contributed by atoms with Gasteiger partial charge in [0.1, 0.15) is 0 Å². The fourth-order valence-corrected chi connectivity index (χ4v) is 3.74. The summed E-state index contributed by atoms with van der Waals surface area (Å²) < 4.78 is 0. The topological polar surface area (TPSA) is 34.1 Å². The highest BCUT2D eigenvalue weighted by atomic mass is 32.2. The van der Waals surface area contributed by atoms with Crippen molar-refractivity contribution < 1.29 is 9.59 Å². The summed E-state index contributed by atoms with van der Waals surface area (Å²) in [5.41, 5.74) is 0. The Labute approximate surface area is 142 Å². The number of rotatable bonds is 4. The highest BCUT2D eigenvalue weighted by molar-refractivity contribution is 8.16. The molecule has 0 aliphatic rings. The van der Waals surface area contributed by atoms with Crippen molar-refractivity contribution in [3.8, 4) is 0 Å². The lowest BCUT2D eigenvalue weighted by atomic mass is 10.4. The molecule has 2 aromatic rings. The lowest BCUT2D eigenvalue weighted by molar-refractivity contribution is -0.117. The molecule has 6 heteroatoms. The Morgan fingerprint density at radius 2 is 1.14 bits per heavy atom. The van der Waals surface area contributed by atoms with Gasteiger partial charge in [-0.25, -0.2) is 0 Å². The van der Waals surface area contributed by atoms with E-state index >= 15 is 0 Å². The second-order valence-corrected chi connectivity index (χ2v) is 7.22. The third-order valence-electron chi connectivity index (χ3n) is 2.47. The highest BCUT2D eigenvalue weighted by Gasteiger charge is 2.14. The second kappa shape index (κ2) is 7.98. The van der Waals surface area contributed by atoms with Crippen LogP contribution < -0.4 is 0 Å². The Bertz CT molecular complexity index is 613. The molecule has 0 bridgehead atoms. The molecular formula is C15H12O2S4. The standard InChI is InChI=1S/C15H12O2S4/c16-14(20-12-7-3-1-5-10(12)18)9-15(17)21-13-8-4-2-6-11(13)19/h1-8,18-19H,9H2. The van der Waals surface area contributed by atoms with Gasteiger partial charge in [0.2, 0.25) is 10.2 Å². The summed E-state index contributed by atoms with van der Waals surface area (Å²) in [4.78, 5) is 26.8. The van der Waals surface area contributed by atoms with E-state index in [1.54, 1.807) is 0 Å². The second-order valence-electron chi connectivity index (χ2n) is 4.06. The number of hydrogen-bond donors (Lipinski definition) is 2. The molecule has 0 heterocycles. The maximum atomic E-state index is 11.9. The summed E-state index contributed by atoms with van der Waals surface area (Å²) in [5.74, 6) is 0. The molecule has 0 aliphatic heterocycles. The summed E-state index contributed by atoms with van der Waals surface area (Å²) in [5, 5.41) is -0.378. The number of carbonyl (C=O) groups excluding carboxylic acids is 2. The molecule has 0 amide bonds. The zero-order valence-corrected chi connectivity index (χ0v) is 14.3.